The van der Waals surface area contributed by atoms with E-state index in [4.69, 9.17) is 0 Å². The van der Waals surface area contributed by atoms with Crippen molar-refractivity contribution in [3.05, 3.63) is 51.7 Å². The average Bonchev–Trinajstić information content (AvgIpc) is 2.87. The minimum Gasteiger partial charge on any atom is -0.508 e. The number of hydrogen-bond acceptors (Lipinski definition) is 3. The molecule has 0 fully saturated rings. The molecule has 2 atom stereocenters. The number of rotatable bonds is 5. The first-order valence-electron chi connectivity index (χ1n) is 6.73. The van der Waals surface area contributed by atoms with Crippen LogP contribution in [0.2, 0.25) is 0 Å². The van der Waals surface area contributed by atoms with E-state index >= 15 is 0 Å². The predicted molar refractivity (Wildman–Crippen MR) is 81.8 cm³/mol. The van der Waals surface area contributed by atoms with Gasteiger partial charge in [0.25, 0.3) is 0 Å². The van der Waals surface area contributed by atoms with E-state index in [1.54, 1.807) is 6.07 Å². The Morgan fingerprint density at radius 3 is 2.58 bits per heavy atom. The van der Waals surface area contributed by atoms with Crippen molar-refractivity contribution in [3.63, 3.8) is 0 Å². The van der Waals surface area contributed by atoms with Gasteiger partial charge in [-0.15, -0.1) is 11.3 Å². The number of aryl methyl sites for hydroxylation is 1. The Balaban J connectivity index is 2.03. The molecule has 0 aliphatic carbocycles. The van der Waals surface area contributed by atoms with Crippen molar-refractivity contribution in [2.45, 2.75) is 39.3 Å². The smallest absolute Gasteiger partial charge is 0.115 e. The third-order valence-corrected chi connectivity index (χ3v) is 4.74. The van der Waals surface area contributed by atoms with Gasteiger partial charge in [0.1, 0.15) is 5.75 Å². The van der Waals surface area contributed by atoms with Crippen LogP contribution in [0.3, 0.4) is 0 Å². The molecule has 2 rings (SSSR count). The standard InChI is InChI=1S/C16H21NOS/c1-4-15-8-9-16(19-15)12(3)17-11(2)13-6-5-7-14(18)10-13/h5-12,17-18H,4H2,1-3H3. The first-order chi connectivity index (χ1) is 9.10. The molecular formula is C16H21NOS. The highest BCUT2D eigenvalue weighted by Crippen LogP contribution is 2.26. The van der Waals surface area contributed by atoms with Crippen LogP contribution in [-0.4, -0.2) is 5.11 Å². The molecule has 2 N–H and O–H groups in total. The molecule has 0 saturated carbocycles. The fourth-order valence-electron chi connectivity index (χ4n) is 2.16. The van der Waals surface area contributed by atoms with Crippen molar-refractivity contribution < 1.29 is 5.11 Å². The first kappa shape index (κ1) is 14.1. The Bertz CT molecular complexity index is 535. The summed E-state index contributed by atoms with van der Waals surface area (Å²) in [6.07, 6.45) is 1.10. The second-order valence-electron chi connectivity index (χ2n) is 4.86. The zero-order valence-corrected chi connectivity index (χ0v) is 12.5. The summed E-state index contributed by atoms with van der Waals surface area (Å²) >= 11 is 1.87. The van der Waals surface area contributed by atoms with Crippen LogP contribution in [0.15, 0.2) is 36.4 Å². The summed E-state index contributed by atoms with van der Waals surface area (Å²) in [7, 11) is 0. The number of nitrogens with one attached hydrogen (secondary N) is 1. The Kier molecular flexibility index (Phi) is 4.61. The van der Waals surface area contributed by atoms with Crippen LogP contribution in [0.5, 0.6) is 5.75 Å². The zero-order valence-electron chi connectivity index (χ0n) is 11.7. The van der Waals surface area contributed by atoms with Gasteiger partial charge in [-0.3, -0.25) is 0 Å². The molecule has 0 aliphatic rings. The van der Waals surface area contributed by atoms with Crippen LogP contribution in [0, 0.1) is 0 Å². The van der Waals surface area contributed by atoms with Gasteiger partial charge in [0.15, 0.2) is 0 Å². The van der Waals surface area contributed by atoms with Gasteiger partial charge < -0.3 is 10.4 Å². The van der Waals surface area contributed by atoms with Crippen molar-refractivity contribution in [1.82, 2.24) is 5.32 Å². The van der Waals surface area contributed by atoms with Crippen molar-refractivity contribution in [1.29, 1.82) is 0 Å². The van der Waals surface area contributed by atoms with Gasteiger partial charge in [-0.25, -0.2) is 0 Å². The van der Waals surface area contributed by atoms with Gasteiger partial charge in [0.05, 0.1) is 0 Å². The lowest BCUT2D eigenvalue weighted by atomic mass is 10.1. The third kappa shape index (κ3) is 3.58. The molecule has 19 heavy (non-hydrogen) atoms. The molecule has 0 aliphatic heterocycles. The molecule has 0 radical (unpaired) electrons. The number of benzene rings is 1. The molecule has 3 heteroatoms. The molecule has 0 amide bonds. The fraction of sp³-hybridized carbons (Fsp3) is 0.375. The fourth-order valence-corrected chi connectivity index (χ4v) is 3.13. The second-order valence-corrected chi connectivity index (χ2v) is 6.06. The Morgan fingerprint density at radius 2 is 1.95 bits per heavy atom. The first-order valence-corrected chi connectivity index (χ1v) is 7.55. The van der Waals surface area contributed by atoms with Crippen LogP contribution < -0.4 is 5.32 Å². The van der Waals surface area contributed by atoms with Crippen molar-refractivity contribution in [2.24, 2.45) is 0 Å². The number of thiophene rings is 1. The number of aromatic hydroxyl groups is 1. The average molecular weight is 275 g/mol. The number of phenolic OH excluding ortho intramolecular Hbond substituents is 1. The topological polar surface area (TPSA) is 32.3 Å². The van der Waals surface area contributed by atoms with Crippen LogP contribution in [-0.2, 0) is 6.42 Å². The van der Waals surface area contributed by atoms with Crippen molar-refractivity contribution in [3.8, 4) is 5.75 Å². The van der Waals surface area contributed by atoms with Gasteiger partial charge in [0, 0.05) is 21.8 Å². The van der Waals surface area contributed by atoms with Crippen molar-refractivity contribution in [2.75, 3.05) is 0 Å². The molecule has 0 spiro atoms. The molecular weight excluding hydrogens is 254 g/mol. The highest BCUT2D eigenvalue weighted by molar-refractivity contribution is 7.12. The normalized spacial score (nSPS) is 14.3. The lowest BCUT2D eigenvalue weighted by Crippen LogP contribution is -2.21. The molecule has 1 aromatic heterocycles. The molecule has 0 bridgehead atoms. The zero-order chi connectivity index (χ0) is 13.8. The van der Waals surface area contributed by atoms with E-state index in [-0.39, 0.29) is 6.04 Å². The molecule has 102 valence electrons. The van der Waals surface area contributed by atoms with Crippen LogP contribution in [0.1, 0.15) is 48.2 Å². The molecule has 0 saturated heterocycles. The largest absolute Gasteiger partial charge is 0.508 e. The molecule has 2 nitrogen and oxygen atoms in total. The van der Waals surface area contributed by atoms with Gasteiger partial charge in [0.2, 0.25) is 0 Å². The van der Waals surface area contributed by atoms with E-state index in [2.05, 4.69) is 38.2 Å². The summed E-state index contributed by atoms with van der Waals surface area (Å²) in [5, 5.41) is 13.1. The lowest BCUT2D eigenvalue weighted by Gasteiger charge is -2.19. The Morgan fingerprint density at radius 1 is 1.16 bits per heavy atom. The highest BCUT2D eigenvalue weighted by Gasteiger charge is 2.13. The van der Waals surface area contributed by atoms with E-state index in [1.807, 2.05) is 29.5 Å². The third-order valence-electron chi connectivity index (χ3n) is 3.33. The molecule has 2 aromatic rings. The SMILES string of the molecule is CCc1ccc(C(C)NC(C)c2cccc(O)c2)s1. The number of hydrogen-bond donors (Lipinski definition) is 2. The quantitative estimate of drug-likeness (QED) is 0.846. The Hall–Kier alpha value is -1.32. The van der Waals surface area contributed by atoms with E-state index in [0.717, 1.165) is 12.0 Å². The minimum absolute atomic E-state index is 0.217. The monoisotopic (exact) mass is 275 g/mol. The van der Waals surface area contributed by atoms with Gasteiger partial charge >= 0.3 is 0 Å². The van der Waals surface area contributed by atoms with Crippen molar-refractivity contribution >= 4 is 11.3 Å². The summed E-state index contributed by atoms with van der Waals surface area (Å²) in [6.45, 7) is 6.49. The maximum Gasteiger partial charge on any atom is 0.115 e. The maximum atomic E-state index is 9.52. The van der Waals surface area contributed by atoms with E-state index < -0.39 is 0 Å². The van der Waals surface area contributed by atoms with E-state index in [9.17, 15) is 5.11 Å². The summed E-state index contributed by atoms with van der Waals surface area (Å²) in [4.78, 5) is 2.79. The summed E-state index contributed by atoms with van der Waals surface area (Å²) < 4.78 is 0. The van der Waals surface area contributed by atoms with Crippen LogP contribution in [0.4, 0.5) is 0 Å². The highest BCUT2D eigenvalue weighted by atomic mass is 32.1. The Labute approximate surface area is 119 Å². The molecule has 1 aromatic carbocycles. The summed E-state index contributed by atoms with van der Waals surface area (Å²) in [5.41, 5.74) is 1.11. The minimum atomic E-state index is 0.217. The van der Waals surface area contributed by atoms with E-state index in [0.29, 0.717) is 11.8 Å². The molecule has 2 unspecified atom stereocenters. The van der Waals surface area contributed by atoms with Gasteiger partial charge in [-0.05, 0) is 50.1 Å². The van der Waals surface area contributed by atoms with Crippen LogP contribution in [0.25, 0.3) is 0 Å². The molecule has 1 heterocycles. The van der Waals surface area contributed by atoms with Gasteiger partial charge in [-0.1, -0.05) is 19.1 Å². The van der Waals surface area contributed by atoms with E-state index in [1.165, 1.54) is 9.75 Å². The lowest BCUT2D eigenvalue weighted by molar-refractivity contribution is 0.467. The summed E-state index contributed by atoms with van der Waals surface area (Å²) in [5.74, 6) is 0.322. The van der Waals surface area contributed by atoms with Gasteiger partial charge in [-0.2, -0.15) is 0 Å². The predicted octanol–water partition coefficient (Wildman–Crippen LogP) is 4.43. The summed E-state index contributed by atoms with van der Waals surface area (Å²) in [6, 6.07) is 12.4. The second kappa shape index (κ2) is 6.22. The maximum absolute atomic E-state index is 9.52. The number of phenols is 1. The van der Waals surface area contributed by atoms with Crippen LogP contribution >= 0.6 is 11.3 Å².